The van der Waals surface area contributed by atoms with Crippen molar-refractivity contribution >= 4 is 11.0 Å². The summed E-state index contributed by atoms with van der Waals surface area (Å²) in [7, 11) is 0. The lowest BCUT2D eigenvalue weighted by atomic mass is 9.83. The van der Waals surface area contributed by atoms with Gasteiger partial charge in [-0.3, -0.25) is 9.69 Å². The molecular formula is C27H24N2O4. The van der Waals surface area contributed by atoms with E-state index in [9.17, 15) is 14.7 Å². The zero-order chi connectivity index (χ0) is 22.5. The molecule has 2 atom stereocenters. The maximum atomic E-state index is 12.8. The molecule has 0 radical (unpaired) electrons. The van der Waals surface area contributed by atoms with E-state index in [1.165, 1.54) is 0 Å². The number of piperidine rings is 1. The first kappa shape index (κ1) is 20.0. The quantitative estimate of drug-likeness (QED) is 0.489. The molecular weight excluding hydrogens is 416 g/mol. The van der Waals surface area contributed by atoms with Crippen molar-refractivity contribution < 1.29 is 9.52 Å². The summed E-state index contributed by atoms with van der Waals surface area (Å²) in [6, 6.07) is 20.3. The van der Waals surface area contributed by atoms with Gasteiger partial charge >= 0.3 is 5.63 Å². The van der Waals surface area contributed by atoms with Gasteiger partial charge in [0.2, 0.25) is 0 Å². The highest BCUT2D eigenvalue weighted by atomic mass is 16.4. The van der Waals surface area contributed by atoms with Crippen LogP contribution in [0.1, 0.15) is 23.6 Å². The third kappa shape index (κ3) is 3.47. The smallest absolute Gasteiger partial charge is 0.344 e. The molecule has 166 valence electrons. The molecule has 1 saturated heterocycles. The SMILES string of the molecule is O=c1oc2c(CN3C[C@@H]4C[C@H](C3)c3cccc(=O)n3C4)c(O)ccc2cc1-c1ccccc1. The van der Waals surface area contributed by atoms with Crippen molar-refractivity contribution in [3.8, 4) is 16.9 Å². The monoisotopic (exact) mass is 440 g/mol. The molecule has 6 heteroatoms. The first-order valence-corrected chi connectivity index (χ1v) is 11.3. The Labute approximate surface area is 190 Å². The van der Waals surface area contributed by atoms with E-state index in [-0.39, 0.29) is 17.2 Å². The molecule has 2 aliphatic heterocycles. The predicted octanol–water partition coefficient (Wildman–Crippen LogP) is 3.95. The van der Waals surface area contributed by atoms with Gasteiger partial charge in [-0.1, -0.05) is 36.4 Å². The molecule has 2 aliphatic rings. The number of benzene rings is 2. The summed E-state index contributed by atoms with van der Waals surface area (Å²) in [5.74, 6) is 0.788. The Morgan fingerprint density at radius 2 is 1.79 bits per heavy atom. The zero-order valence-corrected chi connectivity index (χ0v) is 18.1. The second kappa shape index (κ2) is 7.74. The fourth-order valence-electron chi connectivity index (χ4n) is 5.55. The number of rotatable bonds is 3. The molecule has 2 aromatic carbocycles. The molecule has 1 fully saturated rings. The van der Waals surface area contributed by atoms with E-state index in [1.807, 2.05) is 53.1 Å². The largest absolute Gasteiger partial charge is 0.507 e. The molecule has 1 N–H and O–H groups in total. The van der Waals surface area contributed by atoms with E-state index < -0.39 is 5.63 Å². The van der Waals surface area contributed by atoms with Gasteiger partial charge < -0.3 is 14.1 Å². The number of pyridine rings is 1. The molecule has 0 amide bonds. The van der Waals surface area contributed by atoms with Crippen LogP contribution < -0.4 is 11.2 Å². The maximum Gasteiger partial charge on any atom is 0.344 e. The van der Waals surface area contributed by atoms with E-state index in [0.717, 1.165) is 42.7 Å². The number of aromatic hydroxyl groups is 1. The first-order chi connectivity index (χ1) is 16.1. The van der Waals surface area contributed by atoms with E-state index in [2.05, 4.69) is 4.90 Å². The number of aromatic nitrogens is 1. The van der Waals surface area contributed by atoms with Gasteiger partial charge in [-0.2, -0.15) is 0 Å². The fourth-order valence-corrected chi connectivity index (χ4v) is 5.55. The summed E-state index contributed by atoms with van der Waals surface area (Å²) in [6.45, 7) is 2.83. The number of fused-ring (bicyclic) bond motifs is 5. The average molecular weight is 440 g/mol. The van der Waals surface area contributed by atoms with Crippen LogP contribution in [0.5, 0.6) is 5.75 Å². The van der Waals surface area contributed by atoms with Gasteiger partial charge in [0.05, 0.1) is 11.1 Å². The summed E-state index contributed by atoms with van der Waals surface area (Å²) in [4.78, 5) is 27.4. The minimum atomic E-state index is -0.413. The lowest BCUT2D eigenvalue weighted by Crippen LogP contribution is -2.46. The number of hydrogen-bond donors (Lipinski definition) is 1. The normalized spacial score (nSPS) is 20.0. The minimum Gasteiger partial charge on any atom is -0.507 e. The fraction of sp³-hybridized carbons (Fsp3) is 0.259. The molecule has 2 aromatic heterocycles. The molecule has 0 spiro atoms. The van der Waals surface area contributed by atoms with Crippen LogP contribution in [0.3, 0.4) is 0 Å². The van der Waals surface area contributed by atoms with Crippen LogP contribution in [0.25, 0.3) is 22.1 Å². The highest BCUT2D eigenvalue weighted by molar-refractivity contribution is 5.85. The van der Waals surface area contributed by atoms with Crippen LogP contribution in [0.4, 0.5) is 0 Å². The Morgan fingerprint density at radius 1 is 0.939 bits per heavy atom. The highest BCUT2D eigenvalue weighted by Crippen LogP contribution is 2.37. The third-order valence-corrected chi connectivity index (χ3v) is 7.00. The Bertz CT molecular complexity index is 1470. The zero-order valence-electron chi connectivity index (χ0n) is 18.1. The van der Waals surface area contributed by atoms with Crippen molar-refractivity contribution in [1.29, 1.82) is 0 Å². The van der Waals surface area contributed by atoms with Crippen LogP contribution in [0.2, 0.25) is 0 Å². The Kier molecular flexibility index (Phi) is 4.69. The first-order valence-electron chi connectivity index (χ1n) is 11.3. The summed E-state index contributed by atoms with van der Waals surface area (Å²) >= 11 is 0. The van der Waals surface area contributed by atoms with E-state index in [1.54, 1.807) is 18.2 Å². The summed E-state index contributed by atoms with van der Waals surface area (Å²) in [6.07, 6.45) is 1.07. The van der Waals surface area contributed by atoms with E-state index in [0.29, 0.717) is 29.2 Å². The van der Waals surface area contributed by atoms with Crippen molar-refractivity contribution in [2.75, 3.05) is 13.1 Å². The molecule has 6 rings (SSSR count). The Hall–Kier alpha value is -3.64. The lowest BCUT2D eigenvalue weighted by Gasteiger charge is -2.42. The van der Waals surface area contributed by atoms with Crippen molar-refractivity contribution in [2.45, 2.75) is 25.4 Å². The average Bonchev–Trinajstić information content (AvgIpc) is 2.82. The molecule has 0 aliphatic carbocycles. The molecule has 2 bridgehead atoms. The van der Waals surface area contributed by atoms with Crippen LogP contribution in [0.15, 0.2) is 80.7 Å². The van der Waals surface area contributed by atoms with Crippen LogP contribution in [0, 0.1) is 5.92 Å². The number of nitrogens with zero attached hydrogens (tertiary/aromatic N) is 2. The van der Waals surface area contributed by atoms with Gasteiger partial charge in [-0.05, 0) is 42.2 Å². The molecule has 33 heavy (non-hydrogen) atoms. The van der Waals surface area contributed by atoms with Gasteiger partial charge in [0.15, 0.2) is 0 Å². The van der Waals surface area contributed by atoms with E-state index in [4.69, 9.17) is 4.42 Å². The topological polar surface area (TPSA) is 75.7 Å². The van der Waals surface area contributed by atoms with Gasteiger partial charge in [-0.15, -0.1) is 0 Å². The van der Waals surface area contributed by atoms with Crippen molar-refractivity contribution in [1.82, 2.24) is 9.47 Å². The second-order valence-corrected chi connectivity index (χ2v) is 9.19. The third-order valence-electron chi connectivity index (χ3n) is 7.00. The summed E-state index contributed by atoms with van der Waals surface area (Å²) < 4.78 is 7.69. The number of hydrogen-bond acceptors (Lipinski definition) is 5. The molecule has 0 saturated carbocycles. The highest BCUT2D eigenvalue weighted by Gasteiger charge is 2.35. The molecule has 4 aromatic rings. The Balaban J connectivity index is 1.36. The number of likely N-dealkylation sites (tertiary alicyclic amines) is 1. The lowest BCUT2D eigenvalue weighted by molar-refractivity contribution is 0.113. The van der Waals surface area contributed by atoms with Crippen LogP contribution in [-0.2, 0) is 13.1 Å². The number of phenolic OH excluding ortho intramolecular Hbond substituents is 1. The minimum absolute atomic E-state index is 0.0679. The second-order valence-electron chi connectivity index (χ2n) is 9.19. The maximum absolute atomic E-state index is 12.8. The van der Waals surface area contributed by atoms with Gasteiger partial charge in [0.25, 0.3) is 5.56 Å². The van der Waals surface area contributed by atoms with Crippen molar-refractivity contribution in [3.63, 3.8) is 0 Å². The predicted molar refractivity (Wildman–Crippen MR) is 126 cm³/mol. The van der Waals surface area contributed by atoms with Crippen molar-refractivity contribution in [2.24, 2.45) is 5.92 Å². The summed E-state index contributed by atoms with van der Waals surface area (Å²) in [5.41, 5.74) is 3.13. The van der Waals surface area contributed by atoms with Crippen LogP contribution >= 0.6 is 0 Å². The van der Waals surface area contributed by atoms with E-state index >= 15 is 0 Å². The van der Waals surface area contributed by atoms with Gasteiger partial charge in [-0.25, -0.2) is 4.79 Å². The Morgan fingerprint density at radius 3 is 2.64 bits per heavy atom. The van der Waals surface area contributed by atoms with Crippen molar-refractivity contribution in [3.05, 3.63) is 98.8 Å². The molecule has 4 heterocycles. The molecule has 0 unspecified atom stereocenters. The van der Waals surface area contributed by atoms with Crippen LogP contribution in [-0.4, -0.2) is 27.7 Å². The number of phenols is 1. The molecule has 6 nitrogen and oxygen atoms in total. The van der Waals surface area contributed by atoms with Gasteiger partial charge in [0.1, 0.15) is 11.3 Å². The summed E-state index contributed by atoms with van der Waals surface area (Å²) in [5, 5.41) is 11.5. The standard InChI is InChI=1S/C27H24N2O4/c30-24-10-9-19-12-21(18-5-2-1-3-6-18)27(32)33-26(19)22(24)16-28-13-17-11-20(15-28)23-7-4-8-25(31)29(23)14-17/h1-10,12,17,20,30H,11,13-16H2/t17-,20+/m0/s1. The van der Waals surface area contributed by atoms with Gasteiger partial charge in [0, 0.05) is 49.2 Å².